The summed E-state index contributed by atoms with van der Waals surface area (Å²) < 4.78 is 0. The van der Waals surface area contributed by atoms with Crippen LogP contribution in [0.15, 0.2) is 29.5 Å². The van der Waals surface area contributed by atoms with E-state index in [0.29, 0.717) is 18.4 Å². The normalized spacial score (nSPS) is 22.6. The molecule has 0 spiro atoms. The molecule has 1 heterocycles. The second-order valence-corrected chi connectivity index (χ2v) is 10.4. The molecule has 0 amide bonds. The van der Waals surface area contributed by atoms with E-state index in [0.717, 1.165) is 43.2 Å². The van der Waals surface area contributed by atoms with E-state index in [4.69, 9.17) is 5.26 Å². The predicted molar refractivity (Wildman–Crippen MR) is 139 cm³/mol. The molecule has 0 aliphatic heterocycles. The lowest BCUT2D eigenvalue weighted by Gasteiger charge is -2.38. The molecule has 188 valence electrons. The van der Waals surface area contributed by atoms with E-state index in [1.54, 1.807) is 12.4 Å². The van der Waals surface area contributed by atoms with Gasteiger partial charge in [0.2, 0.25) is 5.96 Å². The maximum absolute atomic E-state index is 10.8. The second kappa shape index (κ2) is 15.7. The highest BCUT2D eigenvalue weighted by molar-refractivity contribution is 5.94. The molecule has 2 fully saturated rings. The van der Waals surface area contributed by atoms with Gasteiger partial charge in [0.05, 0.1) is 6.10 Å². The quantitative estimate of drug-likeness (QED) is 0.109. The molecule has 3 N–H and O–H groups in total. The Morgan fingerprint density at radius 2 is 1.68 bits per heavy atom. The Morgan fingerprint density at radius 1 is 0.971 bits per heavy atom. The maximum Gasteiger partial charge on any atom is 0.209 e. The van der Waals surface area contributed by atoms with Crippen molar-refractivity contribution in [2.24, 2.45) is 22.7 Å². The largest absolute Gasteiger partial charge is 0.393 e. The molecule has 6 nitrogen and oxygen atoms in total. The molecule has 1 aromatic heterocycles. The van der Waals surface area contributed by atoms with Crippen LogP contribution in [-0.4, -0.2) is 28.7 Å². The Hall–Kier alpha value is -2.13. The number of pyridine rings is 1. The molecule has 2 saturated carbocycles. The molecule has 6 heteroatoms. The summed E-state index contributed by atoms with van der Waals surface area (Å²) in [6.45, 7) is 0.699. The van der Waals surface area contributed by atoms with Crippen LogP contribution in [-0.2, 0) is 0 Å². The third kappa shape index (κ3) is 9.62. The Bertz CT molecular complexity index is 741. The van der Waals surface area contributed by atoms with Crippen molar-refractivity contribution >= 4 is 11.6 Å². The van der Waals surface area contributed by atoms with Crippen LogP contribution in [0.4, 0.5) is 5.69 Å². The van der Waals surface area contributed by atoms with E-state index >= 15 is 0 Å². The molecule has 0 aromatic carbocycles. The summed E-state index contributed by atoms with van der Waals surface area (Å²) in [7, 11) is 0. The van der Waals surface area contributed by atoms with Crippen LogP contribution in [0.25, 0.3) is 0 Å². The number of nitrogens with zero attached hydrogens (tertiary/aromatic N) is 3. The van der Waals surface area contributed by atoms with Gasteiger partial charge in [-0.2, -0.15) is 5.26 Å². The molecule has 3 unspecified atom stereocenters. The van der Waals surface area contributed by atoms with Crippen molar-refractivity contribution in [3.8, 4) is 6.19 Å². The lowest BCUT2D eigenvalue weighted by molar-refractivity contribution is 0.0437. The highest BCUT2D eigenvalue weighted by Gasteiger charge is 2.32. The van der Waals surface area contributed by atoms with E-state index in [1.165, 1.54) is 77.0 Å². The standard InChI is InChI=1S/C28H45N5O/c29-22-32-28(33-26-16-19-30-20-17-26)31-18-9-4-2-1-3-8-15-27(34)25-14-10-13-24(21-25)23-11-6-5-7-12-23/h16-17,19-20,23-25,27,34H,1-15,18,21H2,(H2,30,31,32,33). The number of unbranched alkanes of at least 4 members (excludes halogenated alkanes) is 5. The molecule has 0 saturated heterocycles. The smallest absolute Gasteiger partial charge is 0.209 e. The molecule has 2 aliphatic rings. The van der Waals surface area contributed by atoms with Crippen molar-refractivity contribution in [3.63, 3.8) is 0 Å². The zero-order chi connectivity index (χ0) is 23.8. The zero-order valence-electron chi connectivity index (χ0n) is 20.9. The lowest BCUT2D eigenvalue weighted by atomic mass is 9.69. The van der Waals surface area contributed by atoms with Crippen molar-refractivity contribution in [2.45, 2.75) is 109 Å². The number of aromatic nitrogens is 1. The summed E-state index contributed by atoms with van der Waals surface area (Å²) in [5.41, 5.74) is 0.858. The van der Waals surface area contributed by atoms with Gasteiger partial charge in [-0.25, -0.2) is 0 Å². The molecule has 34 heavy (non-hydrogen) atoms. The van der Waals surface area contributed by atoms with Crippen molar-refractivity contribution in [3.05, 3.63) is 24.5 Å². The Morgan fingerprint density at radius 3 is 2.44 bits per heavy atom. The first-order valence-electron chi connectivity index (χ1n) is 13.8. The van der Waals surface area contributed by atoms with Gasteiger partial charge in [-0.3, -0.25) is 15.3 Å². The van der Waals surface area contributed by atoms with E-state index < -0.39 is 0 Å². The van der Waals surface area contributed by atoms with Crippen LogP contribution in [0.1, 0.15) is 103 Å². The summed E-state index contributed by atoms with van der Waals surface area (Å²) in [4.78, 5) is 8.47. The minimum Gasteiger partial charge on any atom is -0.393 e. The van der Waals surface area contributed by atoms with Gasteiger partial charge in [-0.1, -0.05) is 77.0 Å². The third-order valence-electron chi connectivity index (χ3n) is 7.91. The molecule has 0 bridgehead atoms. The average Bonchev–Trinajstić information content (AvgIpc) is 2.89. The molecule has 3 atom stereocenters. The fourth-order valence-corrected chi connectivity index (χ4v) is 5.98. The fraction of sp³-hybridized carbons (Fsp3) is 0.750. The number of aliphatic imine (C=N–C) groups is 1. The third-order valence-corrected chi connectivity index (χ3v) is 7.91. The van der Waals surface area contributed by atoms with Gasteiger partial charge in [-0.05, 0) is 55.6 Å². The van der Waals surface area contributed by atoms with Gasteiger partial charge in [0.1, 0.15) is 0 Å². The van der Waals surface area contributed by atoms with Crippen molar-refractivity contribution < 1.29 is 5.11 Å². The highest BCUT2D eigenvalue weighted by Crippen LogP contribution is 2.41. The number of rotatable bonds is 12. The zero-order valence-corrected chi connectivity index (χ0v) is 20.9. The van der Waals surface area contributed by atoms with E-state index in [9.17, 15) is 5.11 Å². The number of nitrogens with one attached hydrogen (secondary N) is 2. The van der Waals surface area contributed by atoms with Crippen molar-refractivity contribution in [2.75, 3.05) is 11.9 Å². The minimum absolute atomic E-state index is 0.0836. The molecule has 0 radical (unpaired) electrons. The van der Waals surface area contributed by atoms with E-state index in [2.05, 4.69) is 20.6 Å². The summed E-state index contributed by atoms with van der Waals surface area (Å²) in [6, 6.07) is 3.68. The van der Waals surface area contributed by atoms with Crippen LogP contribution >= 0.6 is 0 Å². The van der Waals surface area contributed by atoms with Gasteiger partial charge < -0.3 is 10.4 Å². The topological polar surface area (TPSA) is 93.3 Å². The number of aliphatic hydroxyl groups excluding tert-OH is 1. The predicted octanol–water partition coefficient (Wildman–Crippen LogP) is 6.40. The van der Waals surface area contributed by atoms with Crippen LogP contribution in [0.5, 0.6) is 0 Å². The van der Waals surface area contributed by atoms with Crippen LogP contribution in [0.2, 0.25) is 0 Å². The average molecular weight is 468 g/mol. The van der Waals surface area contributed by atoms with Gasteiger partial charge in [-0.15, -0.1) is 0 Å². The Balaban J connectivity index is 1.22. The molecule has 1 aromatic rings. The van der Waals surface area contributed by atoms with Crippen LogP contribution in [0, 0.1) is 29.2 Å². The lowest BCUT2D eigenvalue weighted by Crippen LogP contribution is -2.30. The van der Waals surface area contributed by atoms with E-state index in [1.807, 2.05) is 18.3 Å². The van der Waals surface area contributed by atoms with Gasteiger partial charge in [0.15, 0.2) is 6.19 Å². The number of aliphatic hydroxyl groups is 1. The molecule has 2 aliphatic carbocycles. The van der Waals surface area contributed by atoms with Crippen molar-refractivity contribution in [1.82, 2.24) is 10.3 Å². The first-order valence-corrected chi connectivity index (χ1v) is 13.8. The fourth-order valence-electron chi connectivity index (χ4n) is 5.98. The summed E-state index contributed by atoms with van der Waals surface area (Å²) >= 11 is 0. The van der Waals surface area contributed by atoms with Gasteiger partial charge in [0, 0.05) is 24.6 Å². The first-order chi connectivity index (χ1) is 16.8. The van der Waals surface area contributed by atoms with Crippen LogP contribution in [0.3, 0.4) is 0 Å². The number of nitriles is 1. The number of guanidine groups is 1. The molecular weight excluding hydrogens is 422 g/mol. The van der Waals surface area contributed by atoms with Crippen LogP contribution < -0.4 is 10.6 Å². The summed E-state index contributed by atoms with van der Waals surface area (Å²) in [6.07, 6.45) is 25.6. The molecular formula is C28H45N5O. The molecule has 3 rings (SSSR count). The number of hydrogen-bond donors (Lipinski definition) is 3. The number of hydrogen-bond acceptors (Lipinski definition) is 4. The minimum atomic E-state index is -0.0836. The number of anilines is 1. The van der Waals surface area contributed by atoms with Gasteiger partial charge in [0.25, 0.3) is 0 Å². The van der Waals surface area contributed by atoms with Crippen molar-refractivity contribution in [1.29, 1.82) is 5.26 Å². The summed E-state index contributed by atoms with van der Waals surface area (Å²) in [5, 5.41) is 25.5. The SMILES string of the molecule is N#CNC(=NCCCCCCCCC(O)C1CCCC(C2CCCCC2)C1)Nc1ccncc1. The Labute approximate surface area is 206 Å². The maximum atomic E-state index is 10.8. The first kappa shape index (κ1) is 26.5. The summed E-state index contributed by atoms with van der Waals surface area (Å²) in [5.74, 6) is 2.87. The highest BCUT2D eigenvalue weighted by atomic mass is 16.3. The van der Waals surface area contributed by atoms with Gasteiger partial charge >= 0.3 is 0 Å². The second-order valence-electron chi connectivity index (χ2n) is 10.4. The Kier molecular flexibility index (Phi) is 12.2. The monoisotopic (exact) mass is 467 g/mol. The van der Waals surface area contributed by atoms with E-state index in [-0.39, 0.29) is 6.10 Å².